The predicted octanol–water partition coefficient (Wildman–Crippen LogP) is 3.13. The lowest BCUT2D eigenvalue weighted by Crippen LogP contribution is -2.37. The van der Waals surface area contributed by atoms with E-state index in [4.69, 9.17) is 4.74 Å². The van der Waals surface area contributed by atoms with Gasteiger partial charge < -0.3 is 4.74 Å². The SMILES string of the molecule is O=C1C=CCCN1C(=O)/C=C/c1cccc(OCc2ccnc(F)c2)c1. The summed E-state index contributed by atoms with van der Waals surface area (Å²) in [6, 6.07) is 10.1. The van der Waals surface area contributed by atoms with Gasteiger partial charge in [0.05, 0.1) is 0 Å². The van der Waals surface area contributed by atoms with Crippen molar-refractivity contribution in [3.05, 3.63) is 77.9 Å². The second-order valence-electron chi connectivity index (χ2n) is 5.70. The number of imide groups is 1. The molecule has 132 valence electrons. The summed E-state index contributed by atoms with van der Waals surface area (Å²) in [5.41, 5.74) is 1.43. The molecule has 0 bridgehead atoms. The zero-order valence-corrected chi connectivity index (χ0v) is 14.0. The van der Waals surface area contributed by atoms with Gasteiger partial charge in [0.15, 0.2) is 0 Å². The number of aromatic nitrogens is 1. The first-order valence-corrected chi connectivity index (χ1v) is 8.15. The van der Waals surface area contributed by atoms with E-state index in [1.54, 1.807) is 36.4 Å². The third kappa shape index (κ3) is 4.63. The average Bonchev–Trinajstić information content (AvgIpc) is 2.65. The first kappa shape index (κ1) is 17.5. The Morgan fingerprint density at radius 1 is 1.31 bits per heavy atom. The largest absolute Gasteiger partial charge is 0.489 e. The molecule has 2 heterocycles. The van der Waals surface area contributed by atoms with Crippen molar-refractivity contribution in [2.24, 2.45) is 0 Å². The van der Waals surface area contributed by atoms with E-state index < -0.39 is 5.95 Å². The van der Waals surface area contributed by atoms with Gasteiger partial charge in [-0.05, 0) is 54.0 Å². The molecule has 0 spiro atoms. The molecule has 0 saturated carbocycles. The van der Waals surface area contributed by atoms with E-state index in [1.165, 1.54) is 29.3 Å². The highest BCUT2D eigenvalue weighted by atomic mass is 19.1. The highest BCUT2D eigenvalue weighted by molar-refractivity contribution is 6.06. The van der Waals surface area contributed by atoms with Gasteiger partial charge in [0.25, 0.3) is 11.8 Å². The van der Waals surface area contributed by atoms with Gasteiger partial charge in [-0.15, -0.1) is 0 Å². The molecule has 1 aliphatic heterocycles. The van der Waals surface area contributed by atoms with Gasteiger partial charge >= 0.3 is 0 Å². The third-order valence-electron chi connectivity index (χ3n) is 3.78. The Bertz CT molecular complexity index is 877. The van der Waals surface area contributed by atoms with Crippen LogP contribution in [-0.4, -0.2) is 28.2 Å². The van der Waals surface area contributed by atoms with Crippen molar-refractivity contribution in [2.45, 2.75) is 13.0 Å². The van der Waals surface area contributed by atoms with Crippen molar-refractivity contribution in [3.8, 4) is 5.75 Å². The number of nitrogens with zero attached hydrogens (tertiary/aromatic N) is 2. The van der Waals surface area contributed by atoms with Crippen LogP contribution in [0, 0.1) is 5.95 Å². The number of benzene rings is 1. The Labute approximate surface area is 150 Å². The van der Waals surface area contributed by atoms with Gasteiger partial charge in [-0.25, -0.2) is 4.98 Å². The summed E-state index contributed by atoms with van der Waals surface area (Å²) in [6.45, 7) is 0.601. The lowest BCUT2D eigenvalue weighted by Gasteiger charge is -2.19. The average molecular weight is 352 g/mol. The molecule has 0 unspecified atom stereocenters. The van der Waals surface area contributed by atoms with Gasteiger partial charge in [-0.2, -0.15) is 4.39 Å². The number of halogens is 1. The summed E-state index contributed by atoms with van der Waals surface area (Å²) in [5, 5.41) is 0. The highest BCUT2D eigenvalue weighted by Gasteiger charge is 2.18. The van der Waals surface area contributed by atoms with Crippen LogP contribution in [0.3, 0.4) is 0 Å². The van der Waals surface area contributed by atoms with Crippen molar-refractivity contribution < 1.29 is 18.7 Å². The van der Waals surface area contributed by atoms with Crippen molar-refractivity contribution >= 4 is 17.9 Å². The Hall–Kier alpha value is -3.28. The molecule has 2 amide bonds. The number of carbonyl (C=O) groups is 2. The van der Waals surface area contributed by atoms with Crippen LogP contribution in [-0.2, 0) is 16.2 Å². The molecule has 3 rings (SSSR count). The molecule has 1 aromatic carbocycles. The minimum absolute atomic E-state index is 0.208. The predicted molar refractivity (Wildman–Crippen MR) is 94.5 cm³/mol. The molecule has 0 N–H and O–H groups in total. The van der Waals surface area contributed by atoms with Gasteiger partial charge in [-0.1, -0.05) is 18.2 Å². The summed E-state index contributed by atoms with van der Waals surface area (Å²) in [7, 11) is 0. The number of hydrogen-bond donors (Lipinski definition) is 0. The summed E-state index contributed by atoms with van der Waals surface area (Å²) in [6.07, 6.45) is 8.22. The normalized spacial score (nSPS) is 14.0. The maximum Gasteiger partial charge on any atom is 0.253 e. The lowest BCUT2D eigenvalue weighted by molar-refractivity contribution is -0.139. The first-order valence-electron chi connectivity index (χ1n) is 8.15. The summed E-state index contributed by atoms with van der Waals surface area (Å²) < 4.78 is 18.7. The smallest absolute Gasteiger partial charge is 0.253 e. The van der Waals surface area contributed by atoms with Gasteiger partial charge in [0, 0.05) is 18.8 Å². The Balaban J connectivity index is 1.62. The molecular formula is C20H17FN2O3. The second-order valence-corrected chi connectivity index (χ2v) is 5.70. The number of hydrogen-bond acceptors (Lipinski definition) is 4. The van der Waals surface area contributed by atoms with Crippen LogP contribution >= 0.6 is 0 Å². The zero-order chi connectivity index (χ0) is 18.4. The van der Waals surface area contributed by atoms with Crippen LogP contribution in [0.25, 0.3) is 6.08 Å². The van der Waals surface area contributed by atoms with Crippen LogP contribution in [0.1, 0.15) is 17.5 Å². The quantitative estimate of drug-likeness (QED) is 0.613. The van der Waals surface area contributed by atoms with Crippen molar-refractivity contribution in [1.82, 2.24) is 9.88 Å². The van der Waals surface area contributed by atoms with Gasteiger partial charge in [0.1, 0.15) is 12.4 Å². The molecule has 5 nitrogen and oxygen atoms in total. The van der Waals surface area contributed by atoms with E-state index in [0.717, 1.165) is 5.56 Å². The van der Waals surface area contributed by atoms with E-state index in [1.807, 2.05) is 6.07 Å². The van der Waals surface area contributed by atoms with Crippen LogP contribution in [0.2, 0.25) is 0 Å². The molecule has 0 atom stereocenters. The highest BCUT2D eigenvalue weighted by Crippen LogP contribution is 2.17. The molecule has 1 aromatic heterocycles. The third-order valence-corrected chi connectivity index (χ3v) is 3.78. The summed E-state index contributed by atoms with van der Waals surface area (Å²) in [4.78, 5) is 28.5. The number of rotatable bonds is 5. The van der Waals surface area contributed by atoms with E-state index >= 15 is 0 Å². The second kappa shape index (κ2) is 8.20. The number of carbonyl (C=O) groups excluding carboxylic acids is 2. The molecular weight excluding hydrogens is 335 g/mol. The molecule has 26 heavy (non-hydrogen) atoms. The van der Waals surface area contributed by atoms with Crippen LogP contribution < -0.4 is 4.74 Å². The minimum Gasteiger partial charge on any atom is -0.489 e. The Morgan fingerprint density at radius 2 is 2.19 bits per heavy atom. The number of amides is 2. The molecule has 0 radical (unpaired) electrons. The monoisotopic (exact) mass is 352 g/mol. The maximum absolute atomic E-state index is 13.1. The van der Waals surface area contributed by atoms with E-state index in [0.29, 0.717) is 24.3 Å². The zero-order valence-electron chi connectivity index (χ0n) is 14.0. The minimum atomic E-state index is -0.552. The summed E-state index contributed by atoms with van der Waals surface area (Å²) in [5.74, 6) is -0.609. The van der Waals surface area contributed by atoms with Crippen LogP contribution in [0.4, 0.5) is 4.39 Å². The fraction of sp³-hybridized carbons (Fsp3) is 0.150. The lowest BCUT2D eigenvalue weighted by atomic mass is 10.2. The van der Waals surface area contributed by atoms with Crippen molar-refractivity contribution in [3.63, 3.8) is 0 Å². The Kier molecular flexibility index (Phi) is 5.53. The van der Waals surface area contributed by atoms with E-state index in [2.05, 4.69) is 4.98 Å². The van der Waals surface area contributed by atoms with E-state index in [9.17, 15) is 14.0 Å². The first-order chi connectivity index (χ1) is 12.6. The molecule has 0 fully saturated rings. The van der Waals surface area contributed by atoms with E-state index in [-0.39, 0.29) is 18.4 Å². The van der Waals surface area contributed by atoms with Crippen molar-refractivity contribution in [1.29, 1.82) is 0 Å². The maximum atomic E-state index is 13.1. The standard InChI is InChI=1S/C20H17FN2O3/c21-18-13-16(9-10-22-18)14-26-17-5-3-4-15(12-17)7-8-20(25)23-11-2-1-6-19(23)24/h1,3-10,12-13H,2,11,14H2/b8-7+. The number of ether oxygens (including phenoxy) is 1. The molecule has 0 aliphatic carbocycles. The molecule has 2 aromatic rings. The van der Waals surface area contributed by atoms with Gasteiger partial charge in [0.2, 0.25) is 5.95 Å². The van der Waals surface area contributed by atoms with Crippen LogP contribution in [0.5, 0.6) is 5.75 Å². The fourth-order valence-corrected chi connectivity index (χ4v) is 2.47. The fourth-order valence-electron chi connectivity index (χ4n) is 2.47. The van der Waals surface area contributed by atoms with Crippen LogP contribution in [0.15, 0.2) is 60.8 Å². The summed E-state index contributed by atoms with van der Waals surface area (Å²) >= 11 is 0. The molecule has 1 aliphatic rings. The van der Waals surface area contributed by atoms with Crippen molar-refractivity contribution in [2.75, 3.05) is 6.54 Å². The topological polar surface area (TPSA) is 59.5 Å². The Morgan fingerprint density at radius 3 is 3.00 bits per heavy atom. The number of pyridine rings is 1. The van der Waals surface area contributed by atoms with Gasteiger partial charge in [-0.3, -0.25) is 14.5 Å². The molecule has 0 saturated heterocycles. The molecule has 6 heteroatoms.